The van der Waals surface area contributed by atoms with Crippen molar-refractivity contribution in [1.29, 1.82) is 0 Å². The Morgan fingerprint density at radius 2 is 1.92 bits per heavy atom. The lowest BCUT2D eigenvalue weighted by Gasteiger charge is -2.22. The summed E-state index contributed by atoms with van der Waals surface area (Å²) in [5.41, 5.74) is 0. The summed E-state index contributed by atoms with van der Waals surface area (Å²) in [5, 5.41) is 12.7. The Kier molecular flexibility index (Phi) is 4.74. The van der Waals surface area contributed by atoms with Crippen molar-refractivity contribution in [3.8, 4) is 0 Å². The van der Waals surface area contributed by atoms with Gasteiger partial charge in [0.2, 0.25) is 0 Å². The first-order chi connectivity index (χ1) is 6.22. The van der Waals surface area contributed by atoms with E-state index in [1.54, 1.807) is 0 Å². The molecule has 1 aliphatic rings. The summed E-state index contributed by atoms with van der Waals surface area (Å²) in [5.74, 6) is 0.672. The SMILES string of the molecule is CC(C)C[C@H](CO)NC1CCCC1. The fraction of sp³-hybridized carbons (Fsp3) is 1.00. The van der Waals surface area contributed by atoms with Crippen molar-refractivity contribution in [2.75, 3.05) is 6.61 Å². The summed E-state index contributed by atoms with van der Waals surface area (Å²) in [4.78, 5) is 0. The highest BCUT2D eigenvalue weighted by Crippen LogP contribution is 2.19. The van der Waals surface area contributed by atoms with Crippen molar-refractivity contribution in [3.63, 3.8) is 0 Å². The molecule has 13 heavy (non-hydrogen) atoms. The second kappa shape index (κ2) is 5.61. The summed E-state index contributed by atoms with van der Waals surface area (Å²) >= 11 is 0. The molecule has 1 fully saturated rings. The van der Waals surface area contributed by atoms with Gasteiger partial charge >= 0.3 is 0 Å². The number of rotatable bonds is 5. The van der Waals surface area contributed by atoms with Gasteiger partial charge in [-0.05, 0) is 25.2 Å². The van der Waals surface area contributed by atoms with E-state index >= 15 is 0 Å². The van der Waals surface area contributed by atoms with E-state index in [-0.39, 0.29) is 6.61 Å². The van der Waals surface area contributed by atoms with Crippen molar-refractivity contribution in [3.05, 3.63) is 0 Å². The molecule has 1 saturated carbocycles. The minimum absolute atomic E-state index is 0.286. The maximum absolute atomic E-state index is 9.17. The van der Waals surface area contributed by atoms with Gasteiger partial charge in [-0.3, -0.25) is 0 Å². The van der Waals surface area contributed by atoms with Gasteiger partial charge in [0, 0.05) is 12.1 Å². The topological polar surface area (TPSA) is 32.3 Å². The smallest absolute Gasteiger partial charge is 0.0584 e. The third kappa shape index (κ3) is 4.10. The predicted octanol–water partition coefficient (Wildman–Crippen LogP) is 1.93. The molecular formula is C11H23NO. The molecule has 78 valence electrons. The van der Waals surface area contributed by atoms with Crippen LogP contribution in [0, 0.1) is 5.92 Å². The maximum atomic E-state index is 9.17. The molecule has 0 spiro atoms. The van der Waals surface area contributed by atoms with Crippen LogP contribution in [0.4, 0.5) is 0 Å². The van der Waals surface area contributed by atoms with Crippen LogP contribution in [0.3, 0.4) is 0 Å². The van der Waals surface area contributed by atoms with Crippen LogP contribution in [0.5, 0.6) is 0 Å². The van der Waals surface area contributed by atoms with Gasteiger partial charge in [0.1, 0.15) is 0 Å². The molecule has 1 aliphatic carbocycles. The number of hydrogen-bond donors (Lipinski definition) is 2. The summed E-state index contributed by atoms with van der Waals surface area (Å²) in [7, 11) is 0. The third-order valence-corrected chi connectivity index (χ3v) is 2.80. The van der Waals surface area contributed by atoms with E-state index in [2.05, 4.69) is 19.2 Å². The molecule has 0 aromatic heterocycles. The van der Waals surface area contributed by atoms with Gasteiger partial charge in [-0.1, -0.05) is 26.7 Å². The van der Waals surface area contributed by atoms with Crippen molar-refractivity contribution >= 4 is 0 Å². The Morgan fingerprint density at radius 3 is 2.38 bits per heavy atom. The average Bonchev–Trinajstić information content (AvgIpc) is 2.55. The Labute approximate surface area is 81.7 Å². The Bertz CT molecular complexity index is 130. The molecule has 0 unspecified atom stereocenters. The van der Waals surface area contributed by atoms with Gasteiger partial charge in [-0.15, -0.1) is 0 Å². The molecule has 0 aromatic carbocycles. The highest BCUT2D eigenvalue weighted by Gasteiger charge is 2.18. The quantitative estimate of drug-likeness (QED) is 0.686. The monoisotopic (exact) mass is 185 g/mol. The summed E-state index contributed by atoms with van der Waals surface area (Å²) < 4.78 is 0. The highest BCUT2D eigenvalue weighted by atomic mass is 16.3. The highest BCUT2D eigenvalue weighted by molar-refractivity contribution is 4.78. The molecule has 0 radical (unpaired) electrons. The largest absolute Gasteiger partial charge is 0.395 e. The standard InChI is InChI=1S/C11H23NO/c1-9(2)7-11(8-13)12-10-5-3-4-6-10/h9-13H,3-8H2,1-2H3/t11-/m1/s1. The van der Waals surface area contributed by atoms with Crippen molar-refractivity contribution in [2.45, 2.75) is 58.0 Å². The first-order valence-electron chi connectivity index (χ1n) is 5.59. The van der Waals surface area contributed by atoms with E-state index < -0.39 is 0 Å². The number of hydrogen-bond acceptors (Lipinski definition) is 2. The number of aliphatic hydroxyl groups is 1. The molecule has 2 nitrogen and oxygen atoms in total. The molecule has 0 bridgehead atoms. The van der Waals surface area contributed by atoms with Gasteiger partial charge in [-0.2, -0.15) is 0 Å². The van der Waals surface area contributed by atoms with Crippen molar-refractivity contribution in [1.82, 2.24) is 5.32 Å². The van der Waals surface area contributed by atoms with Gasteiger partial charge in [-0.25, -0.2) is 0 Å². The summed E-state index contributed by atoms with van der Waals surface area (Å²) in [6.07, 6.45) is 6.41. The van der Waals surface area contributed by atoms with Crippen LogP contribution in [-0.2, 0) is 0 Å². The molecule has 1 rings (SSSR count). The maximum Gasteiger partial charge on any atom is 0.0584 e. The Hall–Kier alpha value is -0.0800. The second-order valence-electron chi connectivity index (χ2n) is 4.66. The molecule has 2 N–H and O–H groups in total. The first kappa shape index (κ1) is 11.0. The second-order valence-corrected chi connectivity index (χ2v) is 4.66. The fourth-order valence-corrected chi connectivity index (χ4v) is 2.19. The zero-order valence-electron chi connectivity index (χ0n) is 8.92. The van der Waals surface area contributed by atoms with E-state index in [1.165, 1.54) is 25.7 Å². The minimum Gasteiger partial charge on any atom is -0.395 e. The van der Waals surface area contributed by atoms with Crippen LogP contribution >= 0.6 is 0 Å². The fourth-order valence-electron chi connectivity index (χ4n) is 2.19. The van der Waals surface area contributed by atoms with Crippen LogP contribution in [-0.4, -0.2) is 23.8 Å². The zero-order valence-corrected chi connectivity index (χ0v) is 8.92. The Morgan fingerprint density at radius 1 is 1.31 bits per heavy atom. The van der Waals surface area contributed by atoms with Crippen LogP contribution in [0.2, 0.25) is 0 Å². The van der Waals surface area contributed by atoms with Gasteiger partial charge in [0.05, 0.1) is 6.61 Å². The van der Waals surface area contributed by atoms with Crippen molar-refractivity contribution < 1.29 is 5.11 Å². The van der Waals surface area contributed by atoms with E-state index in [9.17, 15) is 5.11 Å². The van der Waals surface area contributed by atoms with Crippen LogP contribution in [0.15, 0.2) is 0 Å². The third-order valence-electron chi connectivity index (χ3n) is 2.80. The van der Waals surface area contributed by atoms with E-state index in [4.69, 9.17) is 0 Å². The van der Waals surface area contributed by atoms with Crippen molar-refractivity contribution in [2.24, 2.45) is 5.92 Å². The molecule has 0 aromatic rings. The Balaban J connectivity index is 2.21. The summed E-state index contributed by atoms with van der Waals surface area (Å²) in [6.45, 7) is 4.70. The van der Waals surface area contributed by atoms with Gasteiger partial charge < -0.3 is 10.4 Å². The number of aliphatic hydroxyl groups excluding tert-OH is 1. The van der Waals surface area contributed by atoms with Gasteiger partial charge in [0.15, 0.2) is 0 Å². The zero-order chi connectivity index (χ0) is 9.68. The van der Waals surface area contributed by atoms with Crippen LogP contribution in [0.1, 0.15) is 46.0 Å². The van der Waals surface area contributed by atoms with E-state index in [0.717, 1.165) is 6.42 Å². The lowest BCUT2D eigenvalue weighted by Crippen LogP contribution is -2.39. The van der Waals surface area contributed by atoms with E-state index in [0.29, 0.717) is 18.0 Å². The predicted molar refractivity (Wildman–Crippen MR) is 55.7 cm³/mol. The molecule has 0 aliphatic heterocycles. The first-order valence-corrected chi connectivity index (χ1v) is 5.59. The molecule has 0 heterocycles. The number of nitrogens with one attached hydrogen (secondary N) is 1. The molecular weight excluding hydrogens is 162 g/mol. The summed E-state index contributed by atoms with van der Waals surface area (Å²) in [6, 6.07) is 0.999. The lowest BCUT2D eigenvalue weighted by molar-refractivity contribution is 0.213. The lowest BCUT2D eigenvalue weighted by atomic mass is 10.0. The molecule has 0 amide bonds. The van der Waals surface area contributed by atoms with Crippen LogP contribution in [0.25, 0.3) is 0 Å². The van der Waals surface area contributed by atoms with Crippen LogP contribution < -0.4 is 5.32 Å². The van der Waals surface area contributed by atoms with Gasteiger partial charge in [0.25, 0.3) is 0 Å². The average molecular weight is 185 g/mol. The molecule has 1 atom stereocenters. The molecule has 2 heteroatoms. The van der Waals surface area contributed by atoms with E-state index in [1.807, 2.05) is 0 Å². The molecule has 0 saturated heterocycles. The normalized spacial score (nSPS) is 21.2. The minimum atomic E-state index is 0.286.